The van der Waals surface area contributed by atoms with Crippen molar-refractivity contribution >= 4 is 11.3 Å². The van der Waals surface area contributed by atoms with Gasteiger partial charge in [-0.05, 0) is 13.8 Å². The third kappa shape index (κ3) is 2.45. The first kappa shape index (κ1) is 12.5. The van der Waals surface area contributed by atoms with Crippen LogP contribution in [0.1, 0.15) is 23.7 Å². The smallest absolute Gasteiger partial charge is 0.0898 e. The van der Waals surface area contributed by atoms with Crippen molar-refractivity contribution in [3.05, 3.63) is 16.1 Å². The monoisotopic (exact) mass is 266 g/mol. The van der Waals surface area contributed by atoms with Gasteiger partial charge in [0.05, 0.1) is 16.7 Å². The molecule has 0 aliphatic carbocycles. The van der Waals surface area contributed by atoms with E-state index in [1.54, 1.807) is 11.3 Å². The van der Waals surface area contributed by atoms with Crippen LogP contribution in [0.15, 0.2) is 5.38 Å². The number of rotatable bonds is 3. The zero-order chi connectivity index (χ0) is 12.5. The molecule has 3 heterocycles. The van der Waals surface area contributed by atoms with Crippen molar-refractivity contribution in [1.29, 1.82) is 0 Å². The minimum atomic E-state index is 0.481. The van der Waals surface area contributed by atoms with Crippen LogP contribution in [0.4, 0.5) is 0 Å². The fourth-order valence-corrected chi connectivity index (χ4v) is 3.54. The van der Waals surface area contributed by atoms with Crippen LogP contribution in [0.5, 0.6) is 0 Å². The number of thiazole rings is 1. The summed E-state index contributed by atoms with van der Waals surface area (Å²) in [6.45, 7) is 11.5. The average molecular weight is 266 g/mol. The lowest BCUT2D eigenvalue weighted by atomic mass is 10.0. The number of nitrogens with one attached hydrogen (secondary N) is 1. The fourth-order valence-electron chi connectivity index (χ4n) is 2.84. The summed E-state index contributed by atoms with van der Waals surface area (Å²) in [5.74, 6) is 0. The molecule has 1 aromatic heterocycles. The van der Waals surface area contributed by atoms with E-state index in [4.69, 9.17) is 0 Å². The summed E-state index contributed by atoms with van der Waals surface area (Å²) >= 11 is 1.76. The Balaban J connectivity index is 1.52. The highest BCUT2D eigenvalue weighted by atomic mass is 32.1. The topological polar surface area (TPSA) is 31.4 Å². The zero-order valence-electron chi connectivity index (χ0n) is 11.2. The van der Waals surface area contributed by atoms with Gasteiger partial charge in [0.25, 0.3) is 0 Å². The second-order valence-corrected chi connectivity index (χ2v) is 6.42. The van der Waals surface area contributed by atoms with Crippen LogP contribution >= 0.6 is 11.3 Å². The molecule has 0 bridgehead atoms. The minimum absolute atomic E-state index is 0.481. The van der Waals surface area contributed by atoms with Crippen molar-refractivity contribution in [2.45, 2.75) is 25.9 Å². The molecule has 0 saturated carbocycles. The molecular formula is C13H22N4S. The maximum Gasteiger partial charge on any atom is 0.0898 e. The molecular weight excluding hydrogens is 244 g/mol. The predicted octanol–water partition coefficient (Wildman–Crippen LogP) is 1.10. The fraction of sp³-hybridized carbons (Fsp3) is 0.769. The molecule has 0 aromatic carbocycles. The highest BCUT2D eigenvalue weighted by molar-refractivity contribution is 7.09. The third-order valence-corrected chi connectivity index (χ3v) is 4.96. The van der Waals surface area contributed by atoms with Crippen LogP contribution < -0.4 is 5.32 Å². The van der Waals surface area contributed by atoms with E-state index in [2.05, 4.69) is 39.3 Å². The lowest BCUT2D eigenvalue weighted by molar-refractivity contribution is 0.00259. The molecule has 1 aromatic rings. The summed E-state index contributed by atoms with van der Waals surface area (Å²) in [5, 5.41) is 6.80. The molecule has 5 heteroatoms. The van der Waals surface area contributed by atoms with Crippen molar-refractivity contribution in [2.24, 2.45) is 0 Å². The zero-order valence-corrected chi connectivity index (χ0v) is 12.0. The Hall–Kier alpha value is -0.490. The second kappa shape index (κ2) is 5.25. The van der Waals surface area contributed by atoms with Crippen LogP contribution in [0, 0.1) is 6.92 Å². The number of nitrogens with zero attached hydrogens (tertiary/aromatic N) is 3. The largest absolute Gasteiger partial charge is 0.314 e. The van der Waals surface area contributed by atoms with E-state index in [1.807, 2.05) is 0 Å². The van der Waals surface area contributed by atoms with Gasteiger partial charge in [0, 0.05) is 50.7 Å². The summed E-state index contributed by atoms with van der Waals surface area (Å²) in [5.41, 5.74) is 1.25. The van der Waals surface area contributed by atoms with Crippen LogP contribution in [0.3, 0.4) is 0 Å². The number of hydrogen-bond acceptors (Lipinski definition) is 5. The Bertz CT molecular complexity index is 393. The molecule has 4 nitrogen and oxygen atoms in total. The standard InChI is InChI=1S/C13H22N4S/c1-10(13-9-18-11(2)15-13)17-7-12(8-17)16-5-3-14-4-6-16/h9-10,12,14H,3-8H2,1-2H3. The molecule has 0 radical (unpaired) electrons. The molecule has 2 saturated heterocycles. The maximum atomic E-state index is 4.60. The van der Waals surface area contributed by atoms with Gasteiger partial charge in [0.15, 0.2) is 0 Å². The lowest BCUT2D eigenvalue weighted by Crippen LogP contribution is -2.62. The van der Waals surface area contributed by atoms with Gasteiger partial charge in [-0.3, -0.25) is 9.80 Å². The van der Waals surface area contributed by atoms with E-state index in [0.717, 1.165) is 19.1 Å². The Morgan fingerprint density at radius 3 is 2.72 bits per heavy atom. The van der Waals surface area contributed by atoms with E-state index in [0.29, 0.717) is 6.04 Å². The van der Waals surface area contributed by atoms with Crippen molar-refractivity contribution in [3.63, 3.8) is 0 Å². The van der Waals surface area contributed by atoms with Crippen LogP contribution in [0.25, 0.3) is 0 Å². The Morgan fingerprint density at radius 2 is 2.11 bits per heavy atom. The SMILES string of the molecule is Cc1nc(C(C)N2CC(N3CCNCC3)C2)cs1. The molecule has 0 spiro atoms. The maximum absolute atomic E-state index is 4.60. The van der Waals surface area contributed by atoms with E-state index >= 15 is 0 Å². The first-order valence-corrected chi connectivity index (χ1v) is 7.73. The quantitative estimate of drug-likeness (QED) is 0.888. The Labute approximate surface area is 113 Å². The summed E-state index contributed by atoms with van der Waals surface area (Å²) in [6, 6.07) is 1.25. The highest BCUT2D eigenvalue weighted by Gasteiger charge is 2.35. The Kier molecular flexibility index (Phi) is 3.66. The first-order chi connectivity index (χ1) is 8.74. The van der Waals surface area contributed by atoms with E-state index in [1.165, 1.54) is 36.9 Å². The number of aryl methyl sites for hydroxylation is 1. The van der Waals surface area contributed by atoms with Crippen molar-refractivity contribution in [3.8, 4) is 0 Å². The first-order valence-electron chi connectivity index (χ1n) is 6.85. The summed E-state index contributed by atoms with van der Waals surface area (Å²) in [4.78, 5) is 9.78. The molecule has 2 fully saturated rings. The van der Waals surface area contributed by atoms with Gasteiger partial charge in [-0.1, -0.05) is 0 Å². The van der Waals surface area contributed by atoms with Gasteiger partial charge in [-0.15, -0.1) is 11.3 Å². The summed E-state index contributed by atoms with van der Waals surface area (Å²) < 4.78 is 0. The van der Waals surface area contributed by atoms with E-state index in [9.17, 15) is 0 Å². The molecule has 1 atom stereocenters. The van der Waals surface area contributed by atoms with Gasteiger partial charge in [0.1, 0.15) is 0 Å². The number of piperazine rings is 1. The molecule has 2 aliphatic heterocycles. The van der Waals surface area contributed by atoms with Gasteiger partial charge in [0.2, 0.25) is 0 Å². The van der Waals surface area contributed by atoms with Crippen molar-refractivity contribution in [1.82, 2.24) is 20.1 Å². The molecule has 0 amide bonds. The molecule has 2 aliphatic rings. The van der Waals surface area contributed by atoms with Crippen molar-refractivity contribution < 1.29 is 0 Å². The lowest BCUT2D eigenvalue weighted by Gasteiger charge is -2.48. The predicted molar refractivity (Wildman–Crippen MR) is 75.1 cm³/mol. The van der Waals surface area contributed by atoms with Gasteiger partial charge >= 0.3 is 0 Å². The third-order valence-electron chi connectivity index (χ3n) is 4.17. The normalized spacial score (nSPS) is 25.0. The van der Waals surface area contributed by atoms with Gasteiger partial charge in [-0.2, -0.15) is 0 Å². The minimum Gasteiger partial charge on any atom is -0.314 e. The van der Waals surface area contributed by atoms with Crippen LogP contribution in [-0.2, 0) is 0 Å². The highest BCUT2D eigenvalue weighted by Crippen LogP contribution is 2.28. The number of aromatic nitrogens is 1. The van der Waals surface area contributed by atoms with Gasteiger partial charge in [-0.25, -0.2) is 4.98 Å². The summed E-state index contributed by atoms with van der Waals surface area (Å²) in [6.07, 6.45) is 0. The molecule has 1 unspecified atom stereocenters. The van der Waals surface area contributed by atoms with Crippen LogP contribution in [-0.4, -0.2) is 60.1 Å². The van der Waals surface area contributed by atoms with Crippen molar-refractivity contribution in [2.75, 3.05) is 39.3 Å². The average Bonchev–Trinajstić information content (AvgIpc) is 2.75. The van der Waals surface area contributed by atoms with E-state index in [-0.39, 0.29) is 0 Å². The van der Waals surface area contributed by atoms with E-state index < -0.39 is 0 Å². The Morgan fingerprint density at radius 1 is 1.39 bits per heavy atom. The second-order valence-electron chi connectivity index (χ2n) is 5.36. The number of hydrogen-bond donors (Lipinski definition) is 1. The van der Waals surface area contributed by atoms with Gasteiger partial charge < -0.3 is 5.32 Å². The molecule has 100 valence electrons. The molecule has 18 heavy (non-hydrogen) atoms. The molecule has 3 rings (SSSR count). The number of likely N-dealkylation sites (tertiary alicyclic amines) is 1. The van der Waals surface area contributed by atoms with Crippen LogP contribution in [0.2, 0.25) is 0 Å². The summed E-state index contributed by atoms with van der Waals surface area (Å²) in [7, 11) is 0. The molecule has 1 N–H and O–H groups in total.